The topological polar surface area (TPSA) is 78.6 Å². The highest BCUT2D eigenvalue weighted by Crippen LogP contribution is 2.00. The summed E-state index contributed by atoms with van der Waals surface area (Å²) < 4.78 is 9.96. The van der Waals surface area contributed by atoms with Gasteiger partial charge in [0.15, 0.2) is 0 Å². The van der Waals surface area contributed by atoms with Gasteiger partial charge in [0.2, 0.25) is 0 Å². The van der Waals surface area contributed by atoms with Crippen molar-refractivity contribution in [2.45, 2.75) is 64.8 Å². The zero-order valence-corrected chi connectivity index (χ0v) is 12.2. The molecular formula is C14H27NO4. The minimum atomic E-state index is -0.916. The van der Waals surface area contributed by atoms with Gasteiger partial charge in [-0.2, -0.15) is 0 Å². The lowest BCUT2D eigenvalue weighted by Crippen LogP contribution is -2.35. The van der Waals surface area contributed by atoms with Gasteiger partial charge in [0, 0.05) is 0 Å². The second kappa shape index (κ2) is 12.0. The van der Waals surface area contributed by atoms with Gasteiger partial charge in [0.1, 0.15) is 6.04 Å². The predicted octanol–water partition coefficient (Wildman–Crippen LogP) is 2.17. The summed E-state index contributed by atoms with van der Waals surface area (Å²) >= 11 is 0. The van der Waals surface area contributed by atoms with E-state index in [-0.39, 0.29) is 6.42 Å². The number of carbonyl (C=O) groups excluding carboxylic acids is 2. The lowest BCUT2D eigenvalue weighted by molar-refractivity contribution is -0.152. The molecule has 0 aromatic carbocycles. The van der Waals surface area contributed by atoms with Crippen LogP contribution in [0.1, 0.15) is 58.8 Å². The molecule has 0 fully saturated rings. The number of esters is 2. The molecule has 5 heteroatoms. The Hall–Kier alpha value is -1.10. The van der Waals surface area contributed by atoms with E-state index >= 15 is 0 Å². The lowest BCUT2D eigenvalue weighted by atomic mass is 10.2. The predicted molar refractivity (Wildman–Crippen MR) is 73.6 cm³/mol. The number of hydrogen-bond acceptors (Lipinski definition) is 5. The van der Waals surface area contributed by atoms with Crippen molar-refractivity contribution < 1.29 is 19.1 Å². The van der Waals surface area contributed by atoms with Crippen molar-refractivity contribution in [2.24, 2.45) is 5.73 Å². The molecular weight excluding hydrogens is 246 g/mol. The Morgan fingerprint density at radius 1 is 0.947 bits per heavy atom. The summed E-state index contributed by atoms with van der Waals surface area (Å²) in [6.07, 6.45) is 5.74. The van der Waals surface area contributed by atoms with Crippen molar-refractivity contribution in [3.05, 3.63) is 0 Å². The smallest absolute Gasteiger partial charge is 0.323 e. The number of nitrogens with two attached hydrogens (primary N) is 1. The Labute approximate surface area is 115 Å². The Kier molecular flexibility index (Phi) is 11.3. The zero-order chi connectivity index (χ0) is 14.5. The SMILES string of the molecule is CCCCCOC(=O)C[C@H](N)C(=O)OCCCCC. The molecule has 2 N–H and O–H groups in total. The van der Waals surface area contributed by atoms with Gasteiger partial charge in [0.05, 0.1) is 19.6 Å². The summed E-state index contributed by atoms with van der Waals surface area (Å²) in [5.74, 6) is -0.962. The molecule has 0 saturated carbocycles. The molecule has 0 heterocycles. The van der Waals surface area contributed by atoms with E-state index in [9.17, 15) is 9.59 Å². The maximum absolute atomic E-state index is 11.5. The van der Waals surface area contributed by atoms with E-state index in [1.165, 1.54) is 0 Å². The Morgan fingerprint density at radius 3 is 2.00 bits per heavy atom. The third kappa shape index (κ3) is 10.5. The van der Waals surface area contributed by atoms with Crippen LogP contribution in [0, 0.1) is 0 Å². The monoisotopic (exact) mass is 273 g/mol. The average Bonchev–Trinajstić information content (AvgIpc) is 2.39. The van der Waals surface area contributed by atoms with E-state index in [1.54, 1.807) is 0 Å². The van der Waals surface area contributed by atoms with E-state index < -0.39 is 18.0 Å². The van der Waals surface area contributed by atoms with Crippen LogP contribution in [0.3, 0.4) is 0 Å². The lowest BCUT2D eigenvalue weighted by Gasteiger charge is -2.11. The number of rotatable bonds is 11. The third-order valence-corrected chi connectivity index (χ3v) is 2.69. The highest BCUT2D eigenvalue weighted by atomic mass is 16.5. The molecule has 19 heavy (non-hydrogen) atoms. The third-order valence-electron chi connectivity index (χ3n) is 2.69. The first-order valence-electron chi connectivity index (χ1n) is 7.19. The maximum atomic E-state index is 11.5. The molecule has 0 aromatic rings. The number of hydrogen-bond donors (Lipinski definition) is 1. The van der Waals surface area contributed by atoms with Gasteiger partial charge in [0.25, 0.3) is 0 Å². The normalized spacial score (nSPS) is 11.9. The van der Waals surface area contributed by atoms with Crippen LogP contribution < -0.4 is 5.73 Å². The largest absolute Gasteiger partial charge is 0.466 e. The second-order valence-corrected chi connectivity index (χ2v) is 4.61. The van der Waals surface area contributed by atoms with Crippen LogP contribution in [-0.2, 0) is 19.1 Å². The van der Waals surface area contributed by atoms with Crippen LogP contribution in [0.15, 0.2) is 0 Å². The Bertz CT molecular complexity index is 256. The summed E-state index contributed by atoms with van der Waals surface area (Å²) in [6.45, 7) is 4.91. The minimum absolute atomic E-state index is 0.112. The second-order valence-electron chi connectivity index (χ2n) is 4.61. The molecule has 0 amide bonds. The molecule has 0 aliphatic rings. The van der Waals surface area contributed by atoms with Crippen LogP contribution in [0.4, 0.5) is 0 Å². The van der Waals surface area contributed by atoms with Crippen LogP contribution >= 0.6 is 0 Å². The highest BCUT2D eigenvalue weighted by Gasteiger charge is 2.19. The summed E-state index contributed by atoms with van der Waals surface area (Å²) in [6, 6.07) is -0.916. The molecule has 0 bridgehead atoms. The summed E-state index contributed by atoms with van der Waals surface area (Å²) in [4.78, 5) is 22.9. The van der Waals surface area contributed by atoms with Gasteiger partial charge in [-0.05, 0) is 12.8 Å². The van der Waals surface area contributed by atoms with Gasteiger partial charge < -0.3 is 15.2 Å². The molecule has 5 nitrogen and oxygen atoms in total. The van der Waals surface area contributed by atoms with Gasteiger partial charge >= 0.3 is 11.9 Å². The van der Waals surface area contributed by atoms with Crippen molar-refractivity contribution in [3.63, 3.8) is 0 Å². The van der Waals surface area contributed by atoms with E-state index in [2.05, 4.69) is 13.8 Å². The van der Waals surface area contributed by atoms with Crippen LogP contribution in [0.2, 0.25) is 0 Å². The Morgan fingerprint density at radius 2 is 1.47 bits per heavy atom. The molecule has 1 atom stereocenters. The average molecular weight is 273 g/mol. The number of carbonyl (C=O) groups is 2. The van der Waals surface area contributed by atoms with E-state index in [1.807, 2.05) is 0 Å². The van der Waals surface area contributed by atoms with E-state index in [0.29, 0.717) is 13.2 Å². The van der Waals surface area contributed by atoms with Crippen LogP contribution in [0.25, 0.3) is 0 Å². The fourth-order valence-electron chi connectivity index (χ4n) is 1.49. The van der Waals surface area contributed by atoms with Gasteiger partial charge in [-0.15, -0.1) is 0 Å². The van der Waals surface area contributed by atoms with Gasteiger partial charge in [-0.1, -0.05) is 39.5 Å². The van der Waals surface area contributed by atoms with E-state index in [4.69, 9.17) is 15.2 Å². The van der Waals surface area contributed by atoms with Crippen LogP contribution in [0.5, 0.6) is 0 Å². The van der Waals surface area contributed by atoms with Crippen molar-refractivity contribution >= 4 is 11.9 Å². The van der Waals surface area contributed by atoms with E-state index in [0.717, 1.165) is 38.5 Å². The number of unbranched alkanes of at least 4 members (excludes halogenated alkanes) is 4. The van der Waals surface area contributed by atoms with Crippen molar-refractivity contribution in [3.8, 4) is 0 Å². The first-order chi connectivity index (χ1) is 9.11. The van der Waals surface area contributed by atoms with Crippen LogP contribution in [-0.4, -0.2) is 31.2 Å². The quantitative estimate of drug-likeness (QED) is 0.461. The molecule has 0 unspecified atom stereocenters. The Balaban J connectivity index is 3.66. The molecule has 0 aliphatic carbocycles. The first kappa shape index (κ1) is 17.9. The molecule has 112 valence electrons. The molecule has 0 radical (unpaired) electrons. The molecule has 0 saturated heterocycles. The molecule has 0 aliphatic heterocycles. The maximum Gasteiger partial charge on any atom is 0.323 e. The fraction of sp³-hybridized carbons (Fsp3) is 0.857. The molecule has 0 spiro atoms. The van der Waals surface area contributed by atoms with Gasteiger partial charge in [-0.3, -0.25) is 9.59 Å². The fourth-order valence-corrected chi connectivity index (χ4v) is 1.49. The minimum Gasteiger partial charge on any atom is -0.466 e. The standard InChI is InChI=1S/C14H27NO4/c1-3-5-7-9-18-13(16)11-12(15)14(17)19-10-8-6-4-2/h12H,3-11,15H2,1-2H3/t12-/m0/s1. The van der Waals surface area contributed by atoms with Gasteiger partial charge in [-0.25, -0.2) is 0 Å². The summed E-state index contributed by atoms with van der Waals surface area (Å²) in [5, 5.41) is 0. The zero-order valence-electron chi connectivity index (χ0n) is 12.2. The molecule has 0 aromatic heterocycles. The van der Waals surface area contributed by atoms with Crippen molar-refractivity contribution in [1.29, 1.82) is 0 Å². The molecule has 0 rings (SSSR count). The number of ether oxygens (including phenoxy) is 2. The summed E-state index contributed by atoms with van der Waals surface area (Å²) in [7, 11) is 0. The van der Waals surface area contributed by atoms with Crippen molar-refractivity contribution in [1.82, 2.24) is 0 Å². The summed E-state index contributed by atoms with van der Waals surface area (Å²) in [5.41, 5.74) is 5.59. The van der Waals surface area contributed by atoms with Crippen molar-refractivity contribution in [2.75, 3.05) is 13.2 Å². The first-order valence-corrected chi connectivity index (χ1v) is 7.19. The highest BCUT2D eigenvalue weighted by molar-refractivity contribution is 5.82.